The number of fused-ring (bicyclic) bond motifs is 2. The minimum atomic E-state index is -0.364. The van der Waals surface area contributed by atoms with Crippen LogP contribution < -0.4 is 5.32 Å². The number of hydrogen-bond acceptors (Lipinski definition) is 5. The third-order valence-corrected chi connectivity index (χ3v) is 6.51. The Morgan fingerprint density at radius 3 is 2.83 bits per heavy atom. The van der Waals surface area contributed by atoms with Crippen molar-refractivity contribution in [1.82, 2.24) is 4.98 Å². The van der Waals surface area contributed by atoms with Crippen molar-refractivity contribution in [2.45, 2.75) is 25.7 Å². The molecule has 1 aliphatic rings. The van der Waals surface area contributed by atoms with Crippen molar-refractivity contribution in [2.75, 3.05) is 5.32 Å². The largest absolute Gasteiger partial charge is 0.443 e. The molecule has 0 saturated carbocycles. The van der Waals surface area contributed by atoms with Gasteiger partial charge in [0, 0.05) is 10.4 Å². The van der Waals surface area contributed by atoms with Gasteiger partial charge in [0.1, 0.15) is 11.1 Å². The summed E-state index contributed by atoms with van der Waals surface area (Å²) < 4.78 is 5.56. The van der Waals surface area contributed by atoms with Crippen molar-refractivity contribution in [1.29, 1.82) is 5.26 Å². The second-order valence-electron chi connectivity index (χ2n) is 7.07. The van der Waals surface area contributed by atoms with E-state index in [0.717, 1.165) is 47.6 Å². The SMILES string of the molecule is N#Cc1c(NC(=O)c2ncoc2-c2ccc3ccccc3c2)sc2c1CCCC2. The van der Waals surface area contributed by atoms with E-state index < -0.39 is 0 Å². The van der Waals surface area contributed by atoms with Crippen molar-refractivity contribution < 1.29 is 9.21 Å². The molecule has 5 nitrogen and oxygen atoms in total. The first-order chi connectivity index (χ1) is 14.2. The standard InChI is InChI=1S/C23H17N3O2S/c24-12-18-17-7-3-4-8-19(17)29-23(18)26-22(27)20-21(28-13-25-20)16-10-9-14-5-1-2-6-15(14)11-16/h1-2,5-6,9-11,13H,3-4,7-8H2,(H,26,27). The molecule has 0 saturated heterocycles. The summed E-state index contributed by atoms with van der Waals surface area (Å²) in [6, 6.07) is 16.2. The molecular formula is C23H17N3O2S. The summed E-state index contributed by atoms with van der Waals surface area (Å²) in [6.07, 6.45) is 5.36. The summed E-state index contributed by atoms with van der Waals surface area (Å²) in [5.74, 6) is 0.0603. The lowest BCUT2D eigenvalue weighted by molar-refractivity contribution is 0.102. The fourth-order valence-corrected chi connectivity index (χ4v) is 5.11. The molecule has 29 heavy (non-hydrogen) atoms. The molecule has 1 N–H and O–H groups in total. The second-order valence-corrected chi connectivity index (χ2v) is 8.18. The van der Waals surface area contributed by atoms with Crippen LogP contribution in [0.5, 0.6) is 0 Å². The number of nitrogens with one attached hydrogen (secondary N) is 1. The number of carbonyl (C=O) groups excluding carboxylic acids is 1. The molecular weight excluding hydrogens is 382 g/mol. The van der Waals surface area contributed by atoms with Gasteiger partial charge in [0.15, 0.2) is 17.8 Å². The van der Waals surface area contributed by atoms with Gasteiger partial charge in [0.2, 0.25) is 0 Å². The molecule has 2 aromatic carbocycles. The molecule has 0 aliphatic heterocycles. The molecule has 4 aromatic rings. The molecule has 0 atom stereocenters. The summed E-state index contributed by atoms with van der Waals surface area (Å²) in [4.78, 5) is 18.3. The van der Waals surface area contributed by atoms with E-state index in [1.54, 1.807) is 0 Å². The second kappa shape index (κ2) is 7.19. The molecule has 142 valence electrons. The highest BCUT2D eigenvalue weighted by molar-refractivity contribution is 7.16. The molecule has 6 heteroatoms. The number of rotatable bonds is 3. The summed E-state index contributed by atoms with van der Waals surface area (Å²) in [6.45, 7) is 0. The van der Waals surface area contributed by atoms with Crippen LogP contribution in [0.2, 0.25) is 0 Å². The first-order valence-electron chi connectivity index (χ1n) is 9.53. The number of benzene rings is 2. The van der Waals surface area contributed by atoms with Crippen molar-refractivity contribution in [3.8, 4) is 17.4 Å². The van der Waals surface area contributed by atoms with E-state index in [1.807, 2.05) is 42.5 Å². The van der Waals surface area contributed by atoms with Gasteiger partial charge in [0.05, 0.1) is 5.56 Å². The molecule has 1 amide bonds. The fraction of sp³-hybridized carbons (Fsp3) is 0.174. The lowest BCUT2D eigenvalue weighted by atomic mass is 9.96. The van der Waals surface area contributed by atoms with Gasteiger partial charge in [-0.25, -0.2) is 4.98 Å². The Kier molecular flexibility index (Phi) is 4.38. The van der Waals surface area contributed by atoms with Crippen LogP contribution in [0.25, 0.3) is 22.1 Å². The monoisotopic (exact) mass is 399 g/mol. The number of thiophene rings is 1. The Balaban J connectivity index is 1.48. The highest BCUT2D eigenvalue weighted by atomic mass is 32.1. The van der Waals surface area contributed by atoms with Gasteiger partial charge in [-0.3, -0.25) is 4.79 Å². The number of hydrogen-bond donors (Lipinski definition) is 1. The number of oxazole rings is 1. The van der Waals surface area contributed by atoms with E-state index in [0.29, 0.717) is 16.3 Å². The fourth-order valence-electron chi connectivity index (χ4n) is 3.88. The molecule has 1 aliphatic carbocycles. The van der Waals surface area contributed by atoms with Gasteiger partial charge < -0.3 is 9.73 Å². The third kappa shape index (κ3) is 3.10. The maximum Gasteiger partial charge on any atom is 0.278 e. The zero-order valence-electron chi connectivity index (χ0n) is 15.6. The van der Waals surface area contributed by atoms with E-state index in [-0.39, 0.29) is 11.6 Å². The molecule has 0 fully saturated rings. The Bertz CT molecular complexity index is 1280. The van der Waals surface area contributed by atoms with Gasteiger partial charge in [-0.1, -0.05) is 36.4 Å². The average Bonchev–Trinajstić information content (AvgIpc) is 3.37. The minimum absolute atomic E-state index is 0.218. The van der Waals surface area contributed by atoms with Gasteiger partial charge in [0.25, 0.3) is 5.91 Å². The normalized spacial score (nSPS) is 13.1. The first kappa shape index (κ1) is 17.7. The Morgan fingerprint density at radius 2 is 1.97 bits per heavy atom. The molecule has 2 aromatic heterocycles. The van der Waals surface area contributed by atoms with Crippen molar-refractivity contribution in [2.24, 2.45) is 0 Å². The van der Waals surface area contributed by atoms with Crippen LogP contribution in [0.15, 0.2) is 53.3 Å². The average molecular weight is 399 g/mol. The number of nitrogens with zero attached hydrogens (tertiary/aromatic N) is 2. The van der Waals surface area contributed by atoms with E-state index >= 15 is 0 Å². The Morgan fingerprint density at radius 1 is 1.14 bits per heavy atom. The Labute approximate surface area is 171 Å². The Hall–Kier alpha value is -3.43. The van der Waals surface area contributed by atoms with Crippen LogP contribution >= 0.6 is 11.3 Å². The molecule has 0 unspecified atom stereocenters. The lowest BCUT2D eigenvalue weighted by Gasteiger charge is -2.09. The van der Waals surface area contributed by atoms with Crippen LogP contribution in [0, 0.1) is 11.3 Å². The van der Waals surface area contributed by atoms with Crippen molar-refractivity contribution in [3.05, 3.63) is 70.6 Å². The maximum absolute atomic E-state index is 13.0. The first-order valence-corrected chi connectivity index (χ1v) is 10.3. The van der Waals surface area contributed by atoms with E-state index in [1.165, 1.54) is 22.6 Å². The predicted molar refractivity (Wildman–Crippen MR) is 113 cm³/mol. The van der Waals surface area contributed by atoms with E-state index in [9.17, 15) is 10.1 Å². The van der Waals surface area contributed by atoms with Gasteiger partial charge in [-0.15, -0.1) is 11.3 Å². The summed E-state index contributed by atoms with van der Waals surface area (Å²) in [5, 5.41) is 15.3. The van der Waals surface area contributed by atoms with Crippen LogP contribution in [-0.2, 0) is 12.8 Å². The molecule has 0 bridgehead atoms. The minimum Gasteiger partial charge on any atom is -0.443 e. The number of nitriles is 1. The van der Waals surface area contributed by atoms with Gasteiger partial charge >= 0.3 is 0 Å². The quantitative estimate of drug-likeness (QED) is 0.489. The molecule has 0 radical (unpaired) electrons. The summed E-state index contributed by atoms with van der Waals surface area (Å²) >= 11 is 1.50. The van der Waals surface area contributed by atoms with Crippen LogP contribution in [0.3, 0.4) is 0 Å². The third-order valence-electron chi connectivity index (χ3n) is 5.30. The van der Waals surface area contributed by atoms with Crippen LogP contribution in [0.4, 0.5) is 5.00 Å². The lowest BCUT2D eigenvalue weighted by Crippen LogP contribution is -2.13. The van der Waals surface area contributed by atoms with Crippen LogP contribution in [-0.4, -0.2) is 10.9 Å². The number of carbonyl (C=O) groups is 1. The smallest absolute Gasteiger partial charge is 0.278 e. The zero-order valence-corrected chi connectivity index (χ0v) is 16.4. The summed E-state index contributed by atoms with van der Waals surface area (Å²) in [5.41, 5.74) is 2.69. The maximum atomic E-state index is 13.0. The topological polar surface area (TPSA) is 78.9 Å². The number of anilines is 1. The van der Waals surface area contributed by atoms with Crippen molar-refractivity contribution >= 4 is 33.0 Å². The van der Waals surface area contributed by atoms with Gasteiger partial charge in [-0.2, -0.15) is 5.26 Å². The number of aryl methyl sites for hydroxylation is 1. The highest BCUT2D eigenvalue weighted by Crippen LogP contribution is 2.38. The highest BCUT2D eigenvalue weighted by Gasteiger charge is 2.24. The summed E-state index contributed by atoms with van der Waals surface area (Å²) in [7, 11) is 0. The zero-order chi connectivity index (χ0) is 19.8. The van der Waals surface area contributed by atoms with E-state index in [2.05, 4.69) is 16.4 Å². The van der Waals surface area contributed by atoms with Gasteiger partial charge in [-0.05, 0) is 48.1 Å². The number of amides is 1. The predicted octanol–water partition coefficient (Wildman–Crippen LogP) is 5.56. The molecule has 5 rings (SSSR count). The van der Waals surface area contributed by atoms with Crippen LogP contribution in [0.1, 0.15) is 39.3 Å². The van der Waals surface area contributed by atoms with E-state index in [4.69, 9.17) is 4.42 Å². The molecule has 2 heterocycles. The van der Waals surface area contributed by atoms with Crippen molar-refractivity contribution in [3.63, 3.8) is 0 Å². The molecule has 0 spiro atoms. The number of aromatic nitrogens is 1.